The molecule has 2 aromatic rings. The van der Waals surface area contributed by atoms with Gasteiger partial charge in [0.25, 0.3) is 5.91 Å². The number of aryl methyl sites for hydroxylation is 1. The summed E-state index contributed by atoms with van der Waals surface area (Å²) in [7, 11) is 0. The van der Waals surface area contributed by atoms with Crippen molar-refractivity contribution in [2.45, 2.75) is 20.8 Å². The van der Waals surface area contributed by atoms with Crippen LogP contribution < -0.4 is 10.6 Å². The zero-order valence-corrected chi connectivity index (χ0v) is 14.4. The van der Waals surface area contributed by atoms with Crippen molar-refractivity contribution in [2.75, 3.05) is 11.9 Å². The van der Waals surface area contributed by atoms with Crippen LogP contribution in [0.4, 0.5) is 11.6 Å². The second kappa shape index (κ2) is 7.35. The number of hydrogen-bond acceptors (Lipinski definition) is 4. The van der Waals surface area contributed by atoms with Gasteiger partial charge in [0.05, 0.1) is 0 Å². The maximum atomic E-state index is 12.1. The Hall–Kier alpha value is -1.95. The van der Waals surface area contributed by atoms with Gasteiger partial charge < -0.3 is 10.6 Å². The molecule has 0 saturated carbocycles. The Morgan fingerprint density at radius 3 is 2.55 bits per heavy atom. The maximum absolute atomic E-state index is 12.1. The predicted molar refractivity (Wildman–Crippen MR) is 91.4 cm³/mol. The molecule has 0 aliphatic carbocycles. The molecule has 0 fully saturated rings. The molecule has 0 aliphatic heterocycles. The largest absolute Gasteiger partial charge is 0.350 e. The van der Waals surface area contributed by atoms with Crippen molar-refractivity contribution in [3.05, 3.63) is 46.2 Å². The van der Waals surface area contributed by atoms with Crippen LogP contribution in [0.15, 0.2) is 34.8 Å². The van der Waals surface area contributed by atoms with Crippen molar-refractivity contribution in [2.24, 2.45) is 5.92 Å². The monoisotopic (exact) mass is 362 g/mol. The molecule has 0 bridgehead atoms. The fourth-order valence-electron chi connectivity index (χ4n) is 1.79. The lowest BCUT2D eigenvalue weighted by molar-refractivity contribution is 0.0944. The quantitative estimate of drug-likeness (QED) is 0.851. The second-order valence-corrected chi connectivity index (χ2v) is 6.37. The van der Waals surface area contributed by atoms with Gasteiger partial charge in [-0.2, -0.15) is 0 Å². The number of carbonyl (C=O) groups excluding carboxylic acids is 1. The standard InChI is InChI=1S/C16H19BrN4O/c1-10(2)9-18-15(22)14-8-11(3)19-16(21-14)20-13-6-4-12(17)5-7-13/h4-8,10H,9H2,1-3H3,(H,18,22)(H,19,20,21). The number of benzene rings is 1. The lowest BCUT2D eigenvalue weighted by Crippen LogP contribution is -2.28. The lowest BCUT2D eigenvalue weighted by Gasteiger charge is -2.10. The molecule has 1 heterocycles. The molecule has 0 spiro atoms. The summed E-state index contributed by atoms with van der Waals surface area (Å²) >= 11 is 3.39. The smallest absolute Gasteiger partial charge is 0.270 e. The summed E-state index contributed by atoms with van der Waals surface area (Å²) in [6.07, 6.45) is 0. The fourth-order valence-corrected chi connectivity index (χ4v) is 2.05. The molecule has 1 amide bonds. The van der Waals surface area contributed by atoms with Crippen LogP contribution in [-0.4, -0.2) is 22.4 Å². The summed E-state index contributed by atoms with van der Waals surface area (Å²) in [6, 6.07) is 9.35. The van der Waals surface area contributed by atoms with Crippen molar-refractivity contribution in [3.8, 4) is 0 Å². The minimum Gasteiger partial charge on any atom is -0.350 e. The normalized spacial score (nSPS) is 10.6. The Morgan fingerprint density at radius 1 is 1.23 bits per heavy atom. The molecule has 0 aliphatic rings. The number of rotatable bonds is 5. The number of anilines is 2. The van der Waals surface area contributed by atoms with E-state index in [2.05, 4.69) is 36.5 Å². The molecule has 2 N–H and O–H groups in total. The molecule has 116 valence electrons. The predicted octanol–water partition coefficient (Wildman–Crippen LogP) is 3.68. The highest BCUT2D eigenvalue weighted by Crippen LogP contribution is 2.17. The van der Waals surface area contributed by atoms with Crippen LogP contribution in [0.25, 0.3) is 0 Å². The second-order valence-electron chi connectivity index (χ2n) is 5.45. The van der Waals surface area contributed by atoms with E-state index >= 15 is 0 Å². The van der Waals surface area contributed by atoms with E-state index in [1.165, 1.54) is 0 Å². The van der Waals surface area contributed by atoms with Gasteiger partial charge in [0, 0.05) is 22.4 Å². The first kappa shape index (κ1) is 16.4. The number of nitrogens with one attached hydrogen (secondary N) is 2. The van der Waals surface area contributed by atoms with Crippen molar-refractivity contribution in [1.82, 2.24) is 15.3 Å². The zero-order valence-electron chi connectivity index (χ0n) is 12.9. The van der Waals surface area contributed by atoms with Crippen molar-refractivity contribution in [1.29, 1.82) is 0 Å². The van der Waals surface area contributed by atoms with Crippen molar-refractivity contribution >= 4 is 33.5 Å². The highest BCUT2D eigenvalue weighted by molar-refractivity contribution is 9.10. The van der Waals surface area contributed by atoms with E-state index in [0.29, 0.717) is 24.1 Å². The van der Waals surface area contributed by atoms with Gasteiger partial charge >= 0.3 is 0 Å². The van der Waals surface area contributed by atoms with E-state index in [1.807, 2.05) is 45.0 Å². The van der Waals surface area contributed by atoms with Gasteiger partial charge in [-0.05, 0) is 43.2 Å². The summed E-state index contributed by atoms with van der Waals surface area (Å²) in [5.74, 6) is 0.627. The molecule has 1 aromatic carbocycles. The number of carbonyl (C=O) groups is 1. The Balaban J connectivity index is 2.15. The molecule has 2 rings (SSSR count). The van der Waals surface area contributed by atoms with Gasteiger partial charge in [-0.1, -0.05) is 29.8 Å². The Kier molecular flexibility index (Phi) is 5.49. The van der Waals surface area contributed by atoms with Crippen molar-refractivity contribution < 1.29 is 4.79 Å². The summed E-state index contributed by atoms with van der Waals surface area (Å²) in [5, 5.41) is 5.97. The van der Waals surface area contributed by atoms with Crippen molar-refractivity contribution in [3.63, 3.8) is 0 Å². The number of nitrogens with zero attached hydrogens (tertiary/aromatic N) is 2. The first-order valence-electron chi connectivity index (χ1n) is 7.10. The summed E-state index contributed by atoms with van der Waals surface area (Å²) < 4.78 is 0.997. The van der Waals surface area contributed by atoms with Crippen LogP contribution in [0.5, 0.6) is 0 Å². The van der Waals surface area contributed by atoms with Gasteiger partial charge in [0.1, 0.15) is 5.69 Å². The molecule has 0 unspecified atom stereocenters. The summed E-state index contributed by atoms with van der Waals surface area (Å²) in [4.78, 5) is 20.7. The maximum Gasteiger partial charge on any atom is 0.270 e. The molecular formula is C16H19BrN4O. The van der Waals surface area contributed by atoms with Gasteiger partial charge in [0.15, 0.2) is 0 Å². The van der Waals surface area contributed by atoms with E-state index in [0.717, 1.165) is 15.9 Å². The zero-order chi connectivity index (χ0) is 16.1. The lowest BCUT2D eigenvalue weighted by atomic mass is 10.2. The molecule has 0 atom stereocenters. The third-order valence-electron chi connectivity index (χ3n) is 2.86. The summed E-state index contributed by atoms with van der Waals surface area (Å²) in [5.41, 5.74) is 1.97. The van der Waals surface area contributed by atoms with Crippen LogP contribution in [-0.2, 0) is 0 Å². The topological polar surface area (TPSA) is 66.9 Å². The van der Waals surface area contributed by atoms with E-state index in [1.54, 1.807) is 6.07 Å². The Morgan fingerprint density at radius 2 is 1.91 bits per heavy atom. The molecular weight excluding hydrogens is 344 g/mol. The van der Waals surface area contributed by atoms with E-state index < -0.39 is 0 Å². The SMILES string of the molecule is Cc1cc(C(=O)NCC(C)C)nc(Nc2ccc(Br)cc2)n1. The first-order valence-corrected chi connectivity index (χ1v) is 7.90. The Bertz CT molecular complexity index is 656. The van der Waals surface area contributed by atoms with Crippen LogP contribution in [0.2, 0.25) is 0 Å². The molecule has 6 heteroatoms. The minimum absolute atomic E-state index is 0.182. The fraction of sp³-hybridized carbons (Fsp3) is 0.312. The van der Waals surface area contributed by atoms with Gasteiger partial charge in [-0.25, -0.2) is 9.97 Å². The number of amides is 1. The summed E-state index contributed by atoms with van der Waals surface area (Å²) in [6.45, 7) is 6.56. The van der Waals surface area contributed by atoms with Crippen LogP contribution in [0, 0.1) is 12.8 Å². The van der Waals surface area contributed by atoms with E-state index in [-0.39, 0.29) is 5.91 Å². The Labute approximate surface area is 138 Å². The molecule has 5 nitrogen and oxygen atoms in total. The van der Waals surface area contributed by atoms with Gasteiger partial charge in [0.2, 0.25) is 5.95 Å². The van der Waals surface area contributed by atoms with E-state index in [4.69, 9.17) is 0 Å². The highest BCUT2D eigenvalue weighted by Gasteiger charge is 2.11. The molecule has 0 saturated heterocycles. The third kappa shape index (κ3) is 4.80. The third-order valence-corrected chi connectivity index (χ3v) is 3.39. The highest BCUT2D eigenvalue weighted by atomic mass is 79.9. The number of halogens is 1. The van der Waals surface area contributed by atoms with Crippen LogP contribution >= 0.6 is 15.9 Å². The molecule has 22 heavy (non-hydrogen) atoms. The van der Waals surface area contributed by atoms with Gasteiger partial charge in [-0.3, -0.25) is 4.79 Å². The van der Waals surface area contributed by atoms with E-state index in [9.17, 15) is 4.79 Å². The number of aromatic nitrogens is 2. The minimum atomic E-state index is -0.182. The number of hydrogen-bond donors (Lipinski definition) is 2. The first-order chi connectivity index (χ1) is 10.4. The molecule has 1 aromatic heterocycles. The van der Waals surface area contributed by atoms with Crippen LogP contribution in [0.1, 0.15) is 30.0 Å². The molecule has 0 radical (unpaired) electrons. The average molecular weight is 363 g/mol. The van der Waals surface area contributed by atoms with Crippen LogP contribution in [0.3, 0.4) is 0 Å². The average Bonchev–Trinajstić information content (AvgIpc) is 2.46. The van der Waals surface area contributed by atoms with Gasteiger partial charge in [-0.15, -0.1) is 0 Å².